The molecular formula is C21H19ClN2O2. The summed E-state index contributed by atoms with van der Waals surface area (Å²) in [4.78, 5) is 12.2. The Labute approximate surface area is 157 Å². The molecule has 3 aromatic rings. The number of carbonyl (C=O) groups is 1. The smallest absolute Gasteiger partial charge is 0.272 e. The van der Waals surface area contributed by atoms with Crippen LogP contribution in [0.25, 0.3) is 10.8 Å². The number of fused-ring (bicyclic) bond motifs is 1. The summed E-state index contributed by atoms with van der Waals surface area (Å²) in [7, 11) is 0. The lowest BCUT2D eigenvalue weighted by molar-refractivity contribution is 0.0955. The molecule has 1 amide bonds. The van der Waals surface area contributed by atoms with E-state index in [9.17, 15) is 4.79 Å². The molecule has 1 N–H and O–H groups in total. The quantitative estimate of drug-likeness (QED) is 0.507. The van der Waals surface area contributed by atoms with Gasteiger partial charge in [0.15, 0.2) is 0 Å². The first-order valence-electron chi connectivity index (χ1n) is 8.32. The Morgan fingerprint density at radius 1 is 1.08 bits per heavy atom. The molecule has 0 atom stereocenters. The van der Waals surface area contributed by atoms with Gasteiger partial charge in [0.05, 0.1) is 22.9 Å². The van der Waals surface area contributed by atoms with Gasteiger partial charge in [-0.15, -0.1) is 0 Å². The lowest BCUT2D eigenvalue weighted by Gasteiger charge is -2.14. The second-order valence-corrected chi connectivity index (χ2v) is 6.45. The summed E-state index contributed by atoms with van der Waals surface area (Å²) in [6.45, 7) is 3.94. The van der Waals surface area contributed by atoms with Crippen molar-refractivity contribution in [3.05, 3.63) is 76.8 Å². The third-order valence-electron chi connectivity index (χ3n) is 3.77. The molecule has 132 valence electrons. The minimum Gasteiger partial charge on any atom is -0.490 e. The summed E-state index contributed by atoms with van der Waals surface area (Å²) in [6.07, 6.45) is 1.63. The number of hydrogen-bond acceptors (Lipinski definition) is 3. The van der Waals surface area contributed by atoms with E-state index in [1.807, 2.05) is 50.2 Å². The predicted molar refractivity (Wildman–Crippen MR) is 106 cm³/mol. The highest BCUT2D eigenvalue weighted by Crippen LogP contribution is 2.27. The molecule has 0 heterocycles. The zero-order valence-electron chi connectivity index (χ0n) is 14.6. The summed E-state index contributed by atoms with van der Waals surface area (Å²) in [5.74, 6) is 0.354. The number of nitrogens with zero attached hydrogens (tertiary/aromatic N) is 1. The number of halogens is 1. The zero-order chi connectivity index (χ0) is 18.5. The Bertz CT molecular complexity index is 967. The van der Waals surface area contributed by atoms with Gasteiger partial charge in [-0.1, -0.05) is 54.1 Å². The average Bonchev–Trinajstić information content (AvgIpc) is 2.63. The molecule has 0 spiro atoms. The van der Waals surface area contributed by atoms with Crippen LogP contribution in [0.15, 0.2) is 65.8 Å². The number of ether oxygens (including phenoxy) is 1. The lowest BCUT2D eigenvalue weighted by Crippen LogP contribution is -2.18. The largest absolute Gasteiger partial charge is 0.490 e. The van der Waals surface area contributed by atoms with Crippen LogP contribution in [-0.4, -0.2) is 18.2 Å². The van der Waals surface area contributed by atoms with Crippen molar-refractivity contribution in [3.63, 3.8) is 0 Å². The third-order valence-corrected chi connectivity index (χ3v) is 4.10. The van der Waals surface area contributed by atoms with Crippen molar-refractivity contribution in [2.45, 2.75) is 20.0 Å². The van der Waals surface area contributed by atoms with E-state index >= 15 is 0 Å². The Balaban J connectivity index is 1.90. The topological polar surface area (TPSA) is 50.7 Å². The van der Waals surface area contributed by atoms with E-state index in [4.69, 9.17) is 16.3 Å². The molecule has 4 nitrogen and oxygen atoms in total. The number of carbonyl (C=O) groups excluding carboxylic acids is 1. The number of nitrogens with one attached hydrogen (secondary N) is 1. The van der Waals surface area contributed by atoms with Crippen LogP contribution in [0.4, 0.5) is 0 Å². The Morgan fingerprint density at radius 3 is 2.58 bits per heavy atom. The van der Waals surface area contributed by atoms with Crippen LogP contribution in [0.5, 0.6) is 5.75 Å². The van der Waals surface area contributed by atoms with Crippen molar-refractivity contribution in [2.75, 3.05) is 0 Å². The van der Waals surface area contributed by atoms with Crippen molar-refractivity contribution >= 4 is 34.5 Å². The molecule has 0 fully saturated rings. The number of benzene rings is 3. The molecule has 5 heteroatoms. The van der Waals surface area contributed by atoms with Crippen LogP contribution in [0, 0.1) is 0 Å². The fourth-order valence-corrected chi connectivity index (χ4v) is 2.85. The SMILES string of the molecule is CC(C)Oc1ccc2ccccc2c1/C=N\NC(=O)c1ccccc1Cl. The highest BCUT2D eigenvalue weighted by atomic mass is 35.5. The van der Waals surface area contributed by atoms with Crippen LogP contribution in [-0.2, 0) is 0 Å². The van der Waals surface area contributed by atoms with Gasteiger partial charge in [-0.25, -0.2) is 5.43 Å². The molecule has 3 rings (SSSR count). The molecule has 0 aliphatic carbocycles. The van der Waals surface area contributed by atoms with E-state index in [1.54, 1.807) is 30.5 Å². The number of amides is 1. The van der Waals surface area contributed by atoms with Crippen molar-refractivity contribution < 1.29 is 9.53 Å². The van der Waals surface area contributed by atoms with E-state index in [2.05, 4.69) is 10.5 Å². The fraction of sp³-hybridized carbons (Fsp3) is 0.143. The minimum absolute atomic E-state index is 0.0287. The average molecular weight is 367 g/mol. The standard InChI is InChI=1S/C21H19ClN2O2/c1-14(2)26-20-12-11-15-7-3-4-8-16(15)18(20)13-23-24-21(25)17-9-5-6-10-19(17)22/h3-14H,1-2H3,(H,24,25)/b23-13-. The first-order chi connectivity index (χ1) is 12.6. The predicted octanol–water partition coefficient (Wildman–Crippen LogP) is 5.04. The molecule has 26 heavy (non-hydrogen) atoms. The van der Waals surface area contributed by atoms with Crippen LogP contribution in [0.3, 0.4) is 0 Å². The van der Waals surface area contributed by atoms with Gasteiger partial charge >= 0.3 is 0 Å². The molecule has 0 saturated carbocycles. The Kier molecular flexibility index (Phi) is 5.54. The Hall–Kier alpha value is -2.85. The third kappa shape index (κ3) is 4.03. The molecule has 0 unspecified atom stereocenters. The fourth-order valence-electron chi connectivity index (χ4n) is 2.63. The first-order valence-corrected chi connectivity index (χ1v) is 8.70. The van der Waals surface area contributed by atoms with Gasteiger partial charge in [0.1, 0.15) is 5.75 Å². The molecule has 0 aliphatic rings. The summed E-state index contributed by atoms with van der Waals surface area (Å²) in [5.41, 5.74) is 3.72. The van der Waals surface area contributed by atoms with Gasteiger partial charge in [-0.2, -0.15) is 5.10 Å². The van der Waals surface area contributed by atoms with E-state index in [0.29, 0.717) is 10.6 Å². The summed E-state index contributed by atoms with van der Waals surface area (Å²) in [5, 5.41) is 6.57. The number of hydrogen-bond donors (Lipinski definition) is 1. The zero-order valence-corrected chi connectivity index (χ0v) is 15.3. The van der Waals surface area contributed by atoms with Crippen LogP contribution < -0.4 is 10.2 Å². The van der Waals surface area contributed by atoms with Crippen LogP contribution in [0.1, 0.15) is 29.8 Å². The van der Waals surface area contributed by atoms with Crippen LogP contribution in [0.2, 0.25) is 5.02 Å². The van der Waals surface area contributed by atoms with E-state index < -0.39 is 0 Å². The van der Waals surface area contributed by atoms with Gasteiger partial charge < -0.3 is 4.74 Å². The van der Waals surface area contributed by atoms with Gasteiger partial charge in [-0.05, 0) is 42.8 Å². The summed E-state index contributed by atoms with van der Waals surface area (Å²) >= 11 is 6.04. The first kappa shape index (κ1) is 18.0. The molecule has 0 bridgehead atoms. The van der Waals surface area contributed by atoms with Crippen molar-refractivity contribution in [1.82, 2.24) is 5.43 Å². The van der Waals surface area contributed by atoms with E-state index in [-0.39, 0.29) is 12.0 Å². The van der Waals surface area contributed by atoms with E-state index in [1.165, 1.54) is 0 Å². The maximum absolute atomic E-state index is 12.2. The molecular weight excluding hydrogens is 348 g/mol. The second-order valence-electron chi connectivity index (χ2n) is 6.04. The second kappa shape index (κ2) is 8.02. The number of rotatable bonds is 5. The van der Waals surface area contributed by atoms with Crippen molar-refractivity contribution in [3.8, 4) is 5.75 Å². The van der Waals surface area contributed by atoms with Crippen molar-refractivity contribution in [1.29, 1.82) is 0 Å². The summed E-state index contributed by atoms with van der Waals surface area (Å²) in [6, 6.07) is 18.7. The molecule has 3 aromatic carbocycles. The lowest BCUT2D eigenvalue weighted by atomic mass is 10.0. The normalized spacial score (nSPS) is 11.2. The highest BCUT2D eigenvalue weighted by molar-refractivity contribution is 6.33. The molecule has 0 radical (unpaired) electrons. The van der Waals surface area contributed by atoms with Crippen molar-refractivity contribution in [2.24, 2.45) is 5.10 Å². The monoisotopic (exact) mass is 366 g/mol. The van der Waals surface area contributed by atoms with Crippen LogP contribution >= 0.6 is 11.6 Å². The summed E-state index contributed by atoms with van der Waals surface area (Å²) < 4.78 is 5.89. The molecule has 0 aromatic heterocycles. The van der Waals surface area contributed by atoms with Gasteiger partial charge in [0.2, 0.25) is 0 Å². The van der Waals surface area contributed by atoms with Gasteiger partial charge in [0.25, 0.3) is 5.91 Å². The maximum atomic E-state index is 12.2. The van der Waals surface area contributed by atoms with Gasteiger partial charge in [0, 0.05) is 5.56 Å². The van der Waals surface area contributed by atoms with Gasteiger partial charge in [-0.3, -0.25) is 4.79 Å². The number of hydrazone groups is 1. The maximum Gasteiger partial charge on any atom is 0.272 e. The highest BCUT2D eigenvalue weighted by Gasteiger charge is 2.10. The minimum atomic E-state index is -0.363. The molecule has 0 aliphatic heterocycles. The molecule has 0 saturated heterocycles. The Morgan fingerprint density at radius 2 is 1.81 bits per heavy atom. The van der Waals surface area contributed by atoms with E-state index in [0.717, 1.165) is 22.1 Å².